The molecule has 6 heteroatoms. The van der Waals surface area contributed by atoms with E-state index in [1.54, 1.807) is 0 Å². The van der Waals surface area contributed by atoms with Gasteiger partial charge in [-0.15, -0.1) is 0 Å². The van der Waals surface area contributed by atoms with Crippen molar-refractivity contribution in [3.63, 3.8) is 0 Å². The van der Waals surface area contributed by atoms with Crippen LogP contribution in [0.5, 0.6) is 0 Å². The molecule has 0 radical (unpaired) electrons. The van der Waals surface area contributed by atoms with Crippen molar-refractivity contribution in [1.82, 2.24) is 10.6 Å². The zero-order valence-corrected chi connectivity index (χ0v) is 7.78. The fourth-order valence-corrected chi connectivity index (χ4v) is 1.17. The number of carboxylic acid groups (broad SMARTS) is 1. The normalized spacial score (nSPS) is 20.4. The summed E-state index contributed by atoms with van der Waals surface area (Å²) in [6, 6.07) is -0.276. The Morgan fingerprint density at radius 3 is 2.86 bits per heavy atom. The lowest BCUT2D eigenvalue weighted by Crippen LogP contribution is -2.42. The summed E-state index contributed by atoms with van der Waals surface area (Å²) in [7, 11) is 0. The van der Waals surface area contributed by atoms with Gasteiger partial charge in [-0.25, -0.2) is 4.79 Å². The quantitative estimate of drug-likeness (QED) is 0.576. The average Bonchev–Trinajstić information content (AvgIpc) is 2.56. The Bertz CT molecular complexity index is 213. The summed E-state index contributed by atoms with van der Waals surface area (Å²) in [4.78, 5) is 21.2. The third kappa shape index (κ3) is 4.08. The van der Waals surface area contributed by atoms with Gasteiger partial charge in [0.05, 0.1) is 19.1 Å². The van der Waals surface area contributed by atoms with Gasteiger partial charge < -0.3 is 20.5 Å². The number of aliphatic carboxylic acids is 1. The van der Waals surface area contributed by atoms with Crippen molar-refractivity contribution < 1.29 is 19.4 Å². The van der Waals surface area contributed by atoms with E-state index in [1.807, 2.05) is 0 Å². The molecule has 2 amide bonds. The molecule has 80 valence electrons. The van der Waals surface area contributed by atoms with Crippen molar-refractivity contribution in [1.29, 1.82) is 0 Å². The maximum absolute atomic E-state index is 11.1. The zero-order chi connectivity index (χ0) is 10.4. The number of rotatable bonds is 4. The fourth-order valence-electron chi connectivity index (χ4n) is 1.17. The van der Waals surface area contributed by atoms with Crippen LogP contribution >= 0.6 is 0 Å². The van der Waals surface area contributed by atoms with Crippen LogP contribution in [0.1, 0.15) is 12.8 Å². The van der Waals surface area contributed by atoms with E-state index in [0.29, 0.717) is 13.2 Å². The summed E-state index contributed by atoms with van der Waals surface area (Å²) in [5.74, 6) is -0.922. The molecule has 0 aliphatic carbocycles. The number of carboxylic acids is 1. The van der Waals surface area contributed by atoms with E-state index < -0.39 is 5.97 Å². The van der Waals surface area contributed by atoms with Gasteiger partial charge in [-0.05, 0) is 6.42 Å². The molecule has 6 nitrogen and oxygen atoms in total. The second kappa shape index (κ2) is 5.43. The monoisotopic (exact) mass is 202 g/mol. The molecule has 0 aromatic rings. The Balaban J connectivity index is 2.06. The maximum atomic E-state index is 11.1. The van der Waals surface area contributed by atoms with Crippen LogP contribution in [0.25, 0.3) is 0 Å². The largest absolute Gasteiger partial charge is 0.481 e. The molecule has 0 bridgehead atoms. The van der Waals surface area contributed by atoms with Crippen LogP contribution in [0.2, 0.25) is 0 Å². The van der Waals surface area contributed by atoms with Crippen molar-refractivity contribution in [2.45, 2.75) is 18.9 Å². The van der Waals surface area contributed by atoms with Crippen molar-refractivity contribution in [3.05, 3.63) is 0 Å². The first-order valence-electron chi connectivity index (χ1n) is 4.52. The first kappa shape index (κ1) is 10.8. The van der Waals surface area contributed by atoms with Crippen LogP contribution in [0.3, 0.4) is 0 Å². The highest BCUT2D eigenvalue weighted by Crippen LogP contribution is 2.02. The minimum atomic E-state index is -0.922. The number of amides is 2. The Labute approximate surface area is 81.6 Å². The molecule has 1 aliphatic rings. The van der Waals surface area contributed by atoms with E-state index in [-0.39, 0.29) is 25.0 Å². The second-order valence-electron chi connectivity index (χ2n) is 3.10. The van der Waals surface area contributed by atoms with E-state index in [1.165, 1.54) is 0 Å². The third-order valence-electron chi connectivity index (χ3n) is 1.89. The second-order valence-corrected chi connectivity index (χ2v) is 3.10. The molecule has 1 heterocycles. The molecule has 0 saturated carbocycles. The molecule has 1 fully saturated rings. The number of hydrogen-bond donors (Lipinski definition) is 3. The number of urea groups is 1. The fraction of sp³-hybridized carbons (Fsp3) is 0.750. The van der Waals surface area contributed by atoms with E-state index in [0.717, 1.165) is 6.42 Å². The molecule has 0 aromatic carbocycles. The lowest BCUT2D eigenvalue weighted by Gasteiger charge is -2.10. The summed E-state index contributed by atoms with van der Waals surface area (Å²) < 4.78 is 5.06. The predicted octanol–water partition coefficient (Wildman–Crippen LogP) is -0.451. The summed E-state index contributed by atoms with van der Waals surface area (Å²) >= 11 is 0. The Morgan fingerprint density at radius 1 is 1.50 bits per heavy atom. The highest BCUT2D eigenvalue weighted by molar-refractivity contribution is 5.75. The van der Waals surface area contributed by atoms with Crippen molar-refractivity contribution in [2.24, 2.45) is 0 Å². The molecule has 0 aromatic heterocycles. The minimum absolute atomic E-state index is 0.0554. The molecule has 1 atom stereocenters. The number of carbonyl (C=O) groups is 2. The standard InChI is InChI=1S/C8H14N2O4/c11-7(12)1-3-9-8(13)10-6-2-4-14-5-6/h6H,1-5H2,(H,11,12)(H2,9,10,13). The summed E-state index contributed by atoms with van der Waals surface area (Å²) in [5.41, 5.74) is 0. The lowest BCUT2D eigenvalue weighted by atomic mass is 10.3. The van der Waals surface area contributed by atoms with Gasteiger partial charge in [0, 0.05) is 13.2 Å². The van der Waals surface area contributed by atoms with E-state index in [2.05, 4.69) is 10.6 Å². The van der Waals surface area contributed by atoms with Crippen molar-refractivity contribution in [2.75, 3.05) is 19.8 Å². The van der Waals surface area contributed by atoms with E-state index in [4.69, 9.17) is 9.84 Å². The molecule has 3 N–H and O–H groups in total. The minimum Gasteiger partial charge on any atom is -0.481 e. The van der Waals surface area contributed by atoms with Crippen LogP contribution in [0.15, 0.2) is 0 Å². The SMILES string of the molecule is O=C(O)CCNC(=O)NC1CCOC1. The first-order chi connectivity index (χ1) is 6.68. The van der Waals surface area contributed by atoms with Crippen LogP contribution in [0, 0.1) is 0 Å². The molecule has 1 saturated heterocycles. The number of nitrogens with one attached hydrogen (secondary N) is 2. The van der Waals surface area contributed by atoms with Gasteiger partial charge >= 0.3 is 12.0 Å². The molecule has 14 heavy (non-hydrogen) atoms. The Morgan fingerprint density at radius 2 is 2.29 bits per heavy atom. The Hall–Kier alpha value is -1.30. The van der Waals surface area contributed by atoms with Gasteiger partial charge in [0.25, 0.3) is 0 Å². The zero-order valence-electron chi connectivity index (χ0n) is 7.78. The van der Waals surface area contributed by atoms with Gasteiger partial charge in [-0.2, -0.15) is 0 Å². The highest BCUT2D eigenvalue weighted by Gasteiger charge is 2.17. The van der Waals surface area contributed by atoms with Gasteiger partial charge in [-0.3, -0.25) is 4.79 Å². The van der Waals surface area contributed by atoms with Crippen LogP contribution in [-0.4, -0.2) is 42.9 Å². The molecule has 1 rings (SSSR count). The lowest BCUT2D eigenvalue weighted by molar-refractivity contribution is -0.136. The molecular formula is C8H14N2O4. The number of carbonyl (C=O) groups excluding carboxylic acids is 1. The van der Waals surface area contributed by atoms with E-state index in [9.17, 15) is 9.59 Å². The summed E-state index contributed by atoms with van der Waals surface area (Å²) in [6.45, 7) is 1.35. The number of hydrogen-bond acceptors (Lipinski definition) is 3. The summed E-state index contributed by atoms with van der Waals surface area (Å²) in [5, 5.41) is 13.5. The van der Waals surface area contributed by atoms with Gasteiger partial charge in [-0.1, -0.05) is 0 Å². The highest BCUT2D eigenvalue weighted by atomic mass is 16.5. The topological polar surface area (TPSA) is 87.7 Å². The van der Waals surface area contributed by atoms with E-state index >= 15 is 0 Å². The first-order valence-corrected chi connectivity index (χ1v) is 4.52. The summed E-state index contributed by atoms with van der Waals surface area (Å²) in [6.07, 6.45) is 0.751. The maximum Gasteiger partial charge on any atom is 0.315 e. The van der Waals surface area contributed by atoms with Crippen LogP contribution < -0.4 is 10.6 Å². The Kier molecular flexibility index (Phi) is 4.18. The smallest absolute Gasteiger partial charge is 0.315 e. The van der Waals surface area contributed by atoms with Crippen molar-refractivity contribution in [3.8, 4) is 0 Å². The number of ether oxygens (including phenoxy) is 1. The predicted molar refractivity (Wildman–Crippen MR) is 48.0 cm³/mol. The van der Waals surface area contributed by atoms with Crippen molar-refractivity contribution >= 4 is 12.0 Å². The molecule has 1 unspecified atom stereocenters. The average molecular weight is 202 g/mol. The molecule has 0 spiro atoms. The van der Waals surface area contributed by atoms with Gasteiger partial charge in [0.2, 0.25) is 0 Å². The van der Waals surface area contributed by atoms with Gasteiger partial charge in [0.15, 0.2) is 0 Å². The molecular weight excluding hydrogens is 188 g/mol. The molecule has 1 aliphatic heterocycles. The third-order valence-corrected chi connectivity index (χ3v) is 1.89. The van der Waals surface area contributed by atoms with Gasteiger partial charge in [0.1, 0.15) is 0 Å². The van der Waals surface area contributed by atoms with Crippen LogP contribution in [0.4, 0.5) is 4.79 Å². The van der Waals surface area contributed by atoms with Crippen LogP contribution in [-0.2, 0) is 9.53 Å².